The fourth-order valence-corrected chi connectivity index (χ4v) is 5.22. The van der Waals surface area contributed by atoms with E-state index in [1.54, 1.807) is 12.3 Å². The summed E-state index contributed by atoms with van der Waals surface area (Å²) >= 11 is 0. The van der Waals surface area contributed by atoms with E-state index in [1.807, 2.05) is 97.1 Å². The largest absolute Gasteiger partial charge is 0.495 e. The van der Waals surface area contributed by atoms with Crippen LogP contribution >= 0.6 is 0 Å². The van der Waals surface area contributed by atoms with Gasteiger partial charge in [-0.15, -0.1) is 0 Å². The molecule has 2 aromatic heterocycles. The van der Waals surface area contributed by atoms with Gasteiger partial charge in [-0.25, -0.2) is 9.40 Å². The molecule has 0 spiro atoms. The first-order valence-electron chi connectivity index (χ1n) is 12.7. The highest BCUT2D eigenvalue weighted by Gasteiger charge is 2.23. The third-order valence-electron chi connectivity index (χ3n) is 6.61. The van der Waals surface area contributed by atoms with Gasteiger partial charge in [0.25, 0.3) is 10.1 Å². The molecule has 0 fully saturated rings. The maximum absolute atomic E-state index is 12.0. The van der Waals surface area contributed by atoms with Crippen LogP contribution in [0.5, 0.6) is 5.75 Å². The van der Waals surface area contributed by atoms with Gasteiger partial charge in [0.1, 0.15) is 10.6 Å². The molecule has 0 atom stereocenters. The summed E-state index contributed by atoms with van der Waals surface area (Å²) in [6.45, 7) is 0. The predicted molar refractivity (Wildman–Crippen MR) is 157 cm³/mol. The van der Waals surface area contributed by atoms with Crippen molar-refractivity contribution in [3.63, 3.8) is 0 Å². The summed E-state index contributed by atoms with van der Waals surface area (Å²) in [5.41, 5.74) is 4.68. The Hall–Kier alpha value is -5.05. The van der Waals surface area contributed by atoms with Crippen LogP contribution in [0.4, 0.5) is 0 Å². The van der Waals surface area contributed by atoms with E-state index in [2.05, 4.69) is 4.98 Å². The van der Waals surface area contributed by atoms with Crippen LogP contribution in [0.25, 0.3) is 56.6 Å². The molecular formula is C33H24NO6S+. The number of oxazole rings is 1. The van der Waals surface area contributed by atoms with Crippen LogP contribution < -0.4 is 4.74 Å². The Kier molecular flexibility index (Phi) is 6.93. The van der Waals surface area contributed by atoms with Crippen molar-refractivity contribution in [3.05, 3.63) is 121 Å². The molecule has 0 saturated carbocycles. The second-order valence-electron chi connectivity index (χ2n) is 9.25. The van der Waals surface area contributed by atoms with Crippen molar-refractivity contribution < 1.29 is 26.5 Å². The van der Waals surface area contributed by atoms with Crippen molar-refractivity contribution >= 4 is 10.1 Å². The number of benzene rings is 4. The molecule has 0 amide bonds. The summed E-state index contributed by atoms with van der Waals surface area (Å²) in [4.78, 5) is 4.10. The van der Waals surface area contributed by atoms with Gasteiger partial charge in [-0.05, 0) is 54.1 Å². The highest BCUT2D eigenvalue weighted by molar-refractivity contribution is 7.86. The first-order chi connectivity index (χ1) is 19.9. The van der Waals surface area contributed by atoms with E-state index in [0.717, 1.165) is 22.3 Å². The van der Waals surface area contributed by atoms with E-state index in [0.29, 0.717) is 34.3 Å². The van der Waals surface area contributed by atoms with Gasteiger partial charge in [0.05, 0.1) is 36.6 Å². The Morgan fingerprint density at radius 2 is 1.24 bits per heavy atom. The summed E-state index contributed by atoms with van der Waals surface area (Å²) in [5, 5.41) is 0. The van der Waals surface area contributed by atoms with Gasteiger partial charge < -0.3 is 9.15 Å². The van der Waals surface area contributed by atoms with Crippen molar-refractivity contribution in [2.24, 2.45) is 0 Å². The lowest BCUT2D eigenvalue weighted by molar-refractivity contribution is 0.397. The van der Waals surface area contributed by atoms with Crippen LogP contribution in [0.15, 0.2) is 135 Å². The lowest BCUT2D eigenvalue weighted by Crippen LogP contribution is -2.01. The summed E-state index contributed by atoms with van der Waals surface area (Å²) < 4.78 is 51.4. The SMILES string of the molecule is COc1ccc(-c2cc(-c3ccccc3)[o+]c(-c3ccc(-c4cnc(-c5ccccc5)o4)cc3)c2)cc1S(=O)(=O)O. The smallest absolute Gasteiger partial charge is 0.361 e. The highest BCUT2D eigenvalue weighted by atomic mass is 32.2. The molecule has 4 aromatic carbocycles. The molecule has 0 aliphatic rings. The normalized spacial score (nSPS) is 11.4. The summed E-state index contributed by atoms with van der Waals surface area (Å²) in [7, 11) is -3.16. The standard InChI is InChI=1S/C33H23NO6S/c1-38-28-17-16-26(20-32(28)41(35,36)37)27-18-29(22-8-4-2-5-9-22)39-30(19-27)23-12-14-24(15-13-23)31-21-34-33(40-31)25-10-6-3-7-11-25/h2-21H,1H3/p+1. The molecule has 0 radical (unpaired) electrons. The van der Waals surface area contributed by atoms with Gasteiger partial charge in [-0.1, -0.05) is 54.6 Å². The van der Waals surface area contributed by atoms with Crippen molar-refractivity contribution in [3.8, 4) is 62.3 Å². The van der Waals surface area contributed by atoms with Crippen LogP contribution in [0, 0.1) is 0 Å². The third-order valence-corrected chi connectivity index (χ3v) is 7.48. The van der Waals surface area contributed by atoms with Crippen LogP contribution in [-0.4, -0.2) is 25.1 Å². The number of aromatic nitrogens is 1. The molecule has 0 bridgehead atoms. The van der Waals surface area contributed by atoms with Gasteiger partial charge in [0.2, 0.25) is 5.89 Å². The van der Waals surface area contributed by atoms with Gasteiger partial charge in [-0.3, -0.25) is 4.55 Å². The molecule has 0 aliphatic carbocycles. The molecule has 0 unspecified atom stereocenters. The minimum atomic E-state index is -4.51. The first kappa shape index (κ1) is 26.2. The minimum Gasteiger partial charge on any atom is -0.495 e. The molecule has 6 rings (SSSR count). The number of rotatable bonds is 7. The van der Waals surface area contributed by atoms with Crippen molar-refractivity contribution in [2.75, 3.05) is 7.11 Å². The van der Waals surface area contributed by atoms with Gasteiger partial charge in [0, 0.05) is 16.7 Å². The number of methoxy groups -OCH3 is 1. The zero-order chi connectivity index (χ0) is 28.4. The molecule has 7 nitrogen and oxygen atoms in total. The van der Waals surface area contributed by atoms with Crippen molar-refractivity contribution in [2.45, 2.75) is 4.90 Å². The van der Waals surface area contributed by atoms with E-state index in [4.69, 9.17) is 13.6 Å². The average molecular weight is 563 g/mol. The van der Waals surface area contributed by atoms with Gasteiger partial charge >= 0.3 is 11.5 Å². The number of hydrogen-bond acceptors (Lipinski definition) is 5. The second-order valence-corrected chi connectivity index (χ2v) is 10.6. The van der Waals surface area contributed by atoms with E-state index < -0.39 is 10.1 Å². The van der Waals surface area contributed by atoms with Crippen LogP contribution in [-0.2, 0) is 10.1 Å². The molecule has 0 saturated heterocycles. The van der Waals surface area contributed by atoms with E-state index in [9.17, 15) is 13.0 Å². The molecule has 2 heterocycles. The molecule has 1 N–H and O–H groups in total. The van der Waals surface area contributed by atoms with Crippen molar-refractivity contribution in [1.29, 1.82) is 0 Å². The van der Waals surface area contributed by atoms with Crippen LogP contribution in [0.3, 0.4) is 0 Å². The zero-order valence-corrected chi connectivity index (χ0v) is 22.7. The summed E-state index contributed by atoms with van der Waals surface area (Å²) in [6.07, 6.45) is 1.70. The number of ether oxygens (including phenoxy) is 1. The molecular weight excluding hydrogens is 538 g/mol. The maximum atomic E-state index is 12.0. The molecule has 41 heavy (non-hydrogen) atoms. The zero-order valence-electron chi connectivity index (χ0n) is 21.9. The highest BCUT2D eigenvalue weighted by Crippen LogP contribution is 2.36. The average Bonchev–Trinajstić information content (AvgIpc) is 3.52. The Labute approximate surface area is 237 Å². The first-order valence-corrected chi connectivity index (χ1v) is 14.1. The Balaban J connectivity index is 1.41. The monoisotopic (exact) mass is 562 g/mol. The van der Waals surface area contributed by atoms with E-state index in [1.165, 1.54) is 19.2 Å². The maximum Gasteiger partial charge on any atom is 0.361 e. The molecule has 202 valence electrons. The number of hydrogen-bond donors (Lipinski definition) is 1. The molecule has 8 heteroatoms. The molecule has 6 aromatic rings. The van der Waals surface area contributed by atoms with E-state index >= 15 is 0 Å². The summed E-state index contributed by atoms with van der Waals surface area (Å²) in [6, 6.07) is 35.3. The Morgan fingerprint density at radius 1 is 0.683 bits per heavy atom. The Bertz CT molecular complexity index is 1930. The minimum absolute atomic E-state index is 0.0544. The summed E-state index contributed by atoms with van der Waals surface area (Å²) in [5.74, 6) is 2.40. The quantitative estimate of drug-likeness (QED) is 0.155. The van der Waals surface area contributed by atoms with Crippen LogP contribution in [0.1, 0.15) is 0 Å². The molecule has 0 aliphatic heterocycles. The number of nitrogens with zero attached hydrogens (tertiary/aromatic N) is 1. The lowest BCUT2D eigenvalue weighted by atomic mass is 10.0. The fourth-order valence-electron chi connectivity index (χ4n) is 4.53. The van der Waals surface area contributed by atoms with Gasteiger partial charge in [0.15, 0.2) is 5.76 Å². The lowest BCUT2D eigenvalue weighted by Gasteiger charge is -2.09. The second kappa shape index (κ2) is 10.8. The fraction of sp³-hybridized carbons (Fsp3) is 0.0303. The van der Waals surface area contributed by atoms with Gasteiger partial charge in [-0.2, -0.15) is 8.42 Å². The topological polar surface area (TPSA) is 101 Å². The predicted octanol–water partition coefficient (Wildman–Crippen LogP) is 8.14. The Morgan fingerprint density at radius 3 is 1.85 bits per heavy atom. The van der Waals surface area contributed by atoms with Crippen molar-refractivity contribution in [1.82, 2.24) is 4.98 Å². The van der Waals surface area contributed by atoms with Crippen LogP contribution in [0.2, 0.25) is 0 Å². The van der Waals surface area contributed by atoms with E-state index in [-0.39, 0.29) is 10.6 Å². The third kappa shape index (κ3) is 5.51.